The van der Waals surface area contributed by atoms with Crippen LogP contribution in [0, 0.1) is 3.57 Å². The Morgan fingerprint density at radius 3 is 2.42 bits per heavy atom. The first-order chi connectivity index (χ1) is 9.24. The van der Waals surface area contributed by atoms with Gasteiger partial charge in [-0.3, -0.25) is 4.79 Å². The zero-order chi connectivity index (χ0) is 13.5. The van der Waals surface area contributed by atoms with Crippen LogP contribution in [0.25, 0.3) is 0 Å². The van der Waals surface area contributed by atoms with Crippen LogP contribution in [0.2, 0.25) is 0 Å². The number of amides is 1. The number of carbonyl (C=O) groups is 1. The maximum Gasteiger partial charge on any atom is 0.227 e. The molecule has 3 nitrogen and oxygen atoms in total. The van der Waals surface area contributed by atoms with Gasteiger partial charge in [-0.25, -0.2) is 0 Å². The van der Waals surface area contributed by atoms with Crippen LogP contribution in [-0.2, 0) is 4.79 Å². The van der Waals surface area contributed by atoms with Crippen molar-refractivity contribution in [1.29, 1.82) is 0 Å². The van der Waals surface area contributed by atoms with Gasteiger partial charge in [0, 0.05) is 9.26 Å². The lowest BCUT2D eigenvalue weighted by molar-refractivity contribution is -0.116. The fourth-order valence-electron chi connectivity index (χ4n) is 1.54. The molecule has 19 heavy (non-hydrogen) atoms. The first-order valence-corrected chi connectivity index (χ1v) is 7.05. The van der Waals surface area contributed by atoms with Gasteiger partial charge < -0.3 is 10.1 Å². The Morgan fingerprint density at radius 1 is 1.05 bits per heavy atom. The summed E-state index contributed by atoms with van der Waals surface area (Å²) in [7, 11) is 0. The summed E-state index contributed by atoms with van der Waals surface area (Å²) in [6, 6.07) is 17.2. The lowest BCUT2D eigenvalue weighted by Gasteiger charge is -2.07. The summed E-state index contributed by atoms with van der Waals surface area (Å²) in [4.78, 5) is 11.7. The van der Waals surface area contributed by atoms with Gasteiger partial charge in [-0.2, -0.15) is 0 Å². The molecule has 0 aliphatic rings. The van der Waals surface area contributed by atoms with Crippen LogP contribution in [0.1, 0.15) is 6.42 Å². The Morgan fingerprint density at radius 2 is 1.74 bits per heavy atom. The molecular formula is C15H14INO2. The summed E-state index contributed by atoms with van der Waals surface area (Å²) < 4.78 is 6.61. The van der Waals surface area contributed by atoms with E-state index in [9.17, 15) is 4.79 Å². The zero-order valence-electron chi connectivity index (χ0n) is 10.3. The average Bonchev–Trinajstić information content (AvgIpc) is 2.43. The second kappa shape index (κ2) is 7.13. The molecule has 1 amide bonds. The highest BCUT2D eigenvalue weighted by molar-refractivity contribution is 14.1. The molecule has 2 rings (SSSR count). The summed E-state index contributed by atoms with van der Waals surface area (Å²) in [6.45, 7) is 0.375. The minimum Gasteiger partial charge on any atom is -0.493 e. The number of anilines is 1. The van der Waals surface area contributed by atoms with E-state index in [1.807, 2.05) is 54.6 Å². The normalized spacial score (nSPS) is 9.95. The molecule has 0 unspecified atom stereocenters. The molecule has 0 radical (unpaired) electrons. The number of nitrogens with one attached hydrogen (secondary N) is 1. The molecule has 2 aromatic carbocycles. The van der Waals surface area contributed by atoms with Crippen molar-refractivity contribution in [1.82, 2.24) is 0 Å². The Bertz CT molecular complexity index is 526. The van der Waals surface area contributed by atoms with Crippen molar-refractivity contribution in [2.75, 3.05) is 11.9 Å². The fourth-order valence-corrected chi connectivity index (χ4v) is 1.89. The zero-order valence-corrected chi connectivity index (χ0v) is 12.5. The monoisotopic (exact) mass is 367 g/mol. The van der Waals surface area contributed by atoms with Crippen molar-refractivity contribution in [2.45, 2.75) is 6.42 Å². The third-order valence-electron chi connectivity index (χ3n) is 2.47. The highest BCUT2D eigenvalue weighted by atomic mass is 127. The van der Waals surface area contributed by atoms with Crippen LogP contribution >= 0.6 is 22.6 Å². The molecule has 2 aromatic rings. The number of hydrogen-bond acceptors (Lipinski definition) is 2. The summed E-state index contributed by atoms with van der Waals surface area (Å²) in [6.07, 6.45) is 0.334. The van der Waals surface area contributed by atoms with Gasteiger partial charge in [0.1, 0.15) is 5.75 Å². The van der Waals surface area contributed by atoms with E-state index in [4.69, 9.17) is 4.74 Å². The third-order valence-corrected chi connectivity index (χ3v) is 3.19. The molecule has 1 N–H and O–H groups in total. The van der Waals surface area contributed by atoms with E-state index in [1.54, 1.807) is 0 Å². The van der Waals surface area contributed by atoms with Crippen molar-refractivity contribution in [3.05, 3.63) is 58.2 Å². The first-order valence-electron chi connectivity index (χ1n) is 5.97. The van der Waals surface area contributed by atoms with Crippen LogP contribution in [0.4, 0.5) is 5.69 Å². The fraction of sp³-hybridized carbons (Fsp3) is 0.133. The molecule has 0 saturated carbocycles. The molecule has 0 aliphatic carbocycles. The van der Waals surface area contributed by atoms with Gasteiger partial charge in [0.25, 0.3) is 0 Å². The lowest BCUT2D eigenvalue weighted by Crippen LogP contribution is -2.15. The molecular weight excluding hydrogens is 353 g/mol. The Hall–Kier alpha value is -1.56. The molecule has 0 spiro atoms. The predicted octanol–water partition coefficient (Wildman–Crippen LogP) is 3.70. The van der Waals surface area contributed by atoms with Crippen LogP contribution in [0.5, 0.6) is 5.75 Å². The molecule has 4 heteroatoms. The smallest absolute Gasteiger partial charge is 0.227 e. The average molecular weight is 367 g/mol. The number of rotatable bonds is 5. The second-order valence-electron chi connectivity index (χ2n) is 3.97. The van der Waals surface area contributed by atoms with E-state index in [0.717, 1.165) is 15.0 Å². The Balaban J connectivity index is 1.74. The van der Waals surface area contributed by atoms with Gasteiger partial charge >= 0.3 is 0 Å². The third kappa shape index (κ3) is 4.90. The van der Waals surface area contributed by atoms with Crippen LogP contribution in [-0.4, -0.2) is 12.5 Å². The maximum absolute atomic E-state index is 11.7. The molecule has 98 valence electrons. The number of halogens is 1. The molecule has 0 saturated heterocycles. The summed E-state index contributed by atoms with van der Waals surface area (Å²) in [5, 5.41) is 2.83. The summed E-state index contributed by atoms with van der Waals surface area (Å²) in [5.41, 5.74) is 0.810. The van der Waals surface area contributed by atoms with E-state index < -0.39 is 0 Å². The number of benzene rings is 2. The minimum absolute atomic E-state index is 0.0443. The lowest BCUT2D eigenvalue weighted by atomic mass is 10.3. The highest BCUT2D eigenvalue weighted by Gasteiger charge is 2.02. The van der Waals surface area contributed by atoms with Crippen molar-refractivity contribution < 1.29 is 9.53 Å². The molecule has 0 atom stereocenters. The van der Waals surface area contributed by atoms with Gasteiger partial charge in [-0.15, -0.1) is 0 Å². The van der Waals surface area contributed by atoms with Gasteiger partial charge in [-0.05, 0) is 59.0 Å². The van der Waals surface area contributed by atoms with Crippen LogP contribution in [0.15, 0.2) is 54.6 Å². The van der Waals surface area contributed by atoms with E-state index in [2.05, 4.69) is 27.9 Å². The SMILES string of the molecule is O=C(CCOc1ccccc1)Nc1ccc(I)cc1. The van der Waals surface area contributed by atoms with Crippen molar-refractivity contribution in [3.63, 3.8) is 0 Å². The molecule has 0 aliphatic heterocycles. The number of ether oxygens (including phenoxy) is 1. The quantitative estimate of drug-likeness (QED) is 0.819. The highest BCUT2D eigenvalue weighted by Crippen LogP contribution is 2.12. The summed E-state index contributed by atoms with van der Waals surface area (Å²) in [5.74, 6) is 0.738. The van der Waals surface area contributed by atoms with Gasteiger partial charge in [0.15, 0.2) is 0 Å². The van der Waals surface area contributed by atoms with E-state index >= 15 is 0 Å². The molecule has 0 heterocycles. The minimum atomic E-state index is -0.0443. The van der Waals surface area contributed by atoms with Gasteiger partial charge in [0.05, 0.1) is 13.0 Å². The first kappa shape index (κ1) is 13.9. The standard InChI is InChI=1S/C15H14INO2/c16-12-6-8-13(9-7-12)17-15(18)10-11-19-14-4-2-1-3-5-14/h1-9H,10-11H2,(H,17,18). The number of hydrogen-bond donors (Lipinski definition) is 1. The van der Waals surface area contributed by atoms with Crippen LogP contribution in [0.3, 0.4) is 0 Å². The maximum atomic E-state index is 11.7. The van der Waals surface area contributed by atoms with Crippen molar-refractivity contribution >= 4 is 34.2 Å². The number of carbonyl (C=O) groups excluding carboxylic acids is 1. The van der Waals surface area contributed by atoms with Gasteiger partial charge in [0.2, 0.25) is 5.91 Å². The molecule has 0 fully saturated rings. The second-order valence-corrected chi connectivity index (χ2v) is 5.21. The van der Waals surface area contributed by atoms with Crippen molar-refractivity contribution in [3.8, 4) is 5.75 Å². The van der Waals surface area contributed by atoms with Gasteiger partial charge in [-0.1, -0.05) is 18.2 Å². The molecule has 0 bridgehead atoms. The van der Waals surface area contributed by atoms with Crippen LogP contribution < -0.4 is 10.1 Å². The van der Waals surface area contributed by atoms with Crippen molar-refractivity contribution in [2.24, 2.45) is 0 Å². The summed E-state index contributed by atoms with van der Waals surface area (Å²) >= 11 is 2.23. The molecule has 0 aromatic heterocycles. The Labute approximate surface area is 126 Å². The topological polar surface area (TPSA) is 38.3 Å². The van der Waals surface area contributed by atoms with E-state index in [0.29, 0.717) is 13.0 Å². The van der Waals surface area contributed by atoms with E-state index in [-0.39, 0.29) is 5.91 Å². The predicted molar refractivity (Wildman–Crippen MR) is 84.3 cm³/mol. The number of para-hydroxylation sites is 1. The largest absolute Gasteiger partial charge is 0.493 e. The van der Waals surface area contributed by atoms with E-state index in [1.165, 1.54) is 0 Å². The Kier molecular flexibility index (Phi) is 5.20.